The number of piperidine rings is 1. The highest BCUT2D eigenvalue weighted by molar-refractivity contribution is 5.84. The molecule has 1 aliphatic heterocycles. The van der Waals surface area contributed by atoms with Gasteiger partial charge in [-0.05, 0) is 37.5 Å². The number of hydrogen-bond donors (Lipinski definition) is 1. The first kappa shape index (κ1) is 14.4. The number of rotatable bonds is 3. The van der Waals surface area contributed by atoms with Crippen molar-refractivity contribution in [3.05, 3.63) is 0 Å². The zero-order valence-corrected chi connectivity index (χ0v) is 12.0. The fraction of sp³-hybridized carbons (Fsp3) is 0.867. The number of carbonyl (C=O) groups excluding carboxylic acids is 1. The molecule has 0 bridgehead atoms. The Balaban J connectivity index is 2.18. The van der Waals surface area contributed by atoms with Crippen molar-refractivity contribution in [1.29, 1.82) is 0 Å². The molecular formula is C15H25NO3. The van der Waals surface area contributed by atoms with Crippen LogP contribution in [0.15, 0.2) is 0 Å². The van der Waals surface area contributed by atoms with Crippen LogP contribution in [0.1, 0.15) is 58.8 Å². The van der Waals surface area contributed by atoms with Crippen molar-refractivity contribution in [2.45, 2.75) is 70.9 Å². The largest absolute Gasteiger partial charge is 0.480 e. The van der Waals surface area contributed by atoms with Crippen molar-refractivity contribution >= 4 is 11.9 Å². The van der Waals surface area contributed by atoms with Gasteiger partial charge in [-0.2, -0.15) is 0 Å². The van der Waals surface area contributed by atoms with Crippen molar-refractivity contribution in [3.63, 3.8) is 0 Å². The number of hydrogen-bond acceptors (Lipinski definition) is 2. The summed E-state index contributed by atoms with van der Waals surface area (Å²) in [5.74, 6) is 0.0199. The molecule has 1 saturated heterocycles. The second kappa shape index (κ2) is 5.93. The lowest BCUT2D eigenvalue weighted by atomic mass is 9.76. The first-order valence-corrected chi connectivity index (χ1v) is 7.54. The maximum Gasteiger partial charge on any atom is 0.326 e. The third-order valence-electron chi connectivity index (χ3n) is 4.53. The van der Waals surface area contributed by atoms with E-state index in [1.165, 1.54) is 6.42 Å². The zero-order chi connectivity index (χ0) is 14.0. The predicted molar refractivity (Wildman–Crippen MR) is 72.7 cm³/mol. The second-order valence-electron chi connectivity index (χ2n) is 6.44. The van der Waals surface area contributed by atoms with Gasteiger partial charge in [0.05, 0.1) is 0 Å². The Morgan fingerprint density at radius 1 is 1.16 bits per heavy atom. The van der Waals surface area contributed by atoms with Crippen LogP contribution in [0, 0.1) is 11.8 Å². The molecule has 1 amide bonds. The molecule has 2 rings (SSSR count). The van der Waals surface area contributed by atoms with Gasteiger partial charge >= 0.3 is 5.97 Å². The molecule has 2 aliphatic rings. The predicted octanol–water partition coefficient (Wildman–Crippen LogP) is 2.67. The number of carboxylic acids is 1. The first-order chi connectivity index (χ1) is 9.00. The molecule has 0 spiro atoms. The Hall–Kier alpha value is -1.06. The van der Waals surface area contributed by atoms with E-state index in [1.54, 1.807) is 4.90 Å². The van der Waals surface area contributed by atoms with E-state index < -0.39 is 12.0 Å². The lowest BCUT2D eigenvalue weighted by Gasteiger charge is -2.47. The Bertz CT molecular complexity index is 353. The summed E-state index contributed by atoms with van der Waals surface area (Å²) in [6.45, 7) is 4.02. The number of amides is 1. The molecule has 0 aromatic heterocycles. The highest BCUT2D eigenvalue weighted by Crippen LogP contribution is 2.38. The Morgan fingerprint density at radius 2 is 1.84 bits per heavy atom. The molecule has 0 radical (unpaired) electrons. The van der Waals surface area contributed by atoms with Crippen molar-refractivity contribution in [2.24, 2.45) is 11.8 Å². The lowest BCUT2D eigenvalue weighted by Crippen LogP contribution is -2.57. The molecular weight excluding hydrogens is 242 g/mol. The fourth-order valence-corrected chi connectivity index (χ4v) is 3.69. The summed E-state index contributed by atoms with van der Waals surface area (Å²) in [5.41, 5.74) is 0. The van der Waals surface area contributed by atoms with Crippen molar-refractivity contribution in [1.82, 2.24) is 4.90 Å². The highest BCUT2D eigenvalue weighted by atomic mass is 16.4. The summed E-state index contributed by atoms with van der Waals surface area (Å²) >= 11 is 0. The van der Waals surface area contributed by atoms with Gasteiger partial charge in [-0.25, -0.2) is 4.79 Å². The van der Waals surface area contributed by atoms with Crippen LogP contribution in [0.3, 0.4) is 0 Å². The molecule has 2 fully saturated rings. The van der Waals surface area contributed by atoms with Crippen LogP contribution in [-0.4, -0.2) is 34.0 Å². The minimum Gasteiger partial charge on any atom is -0.480 e. The minimum absolute atomic E-state index is 0.0407. The topological polar surface area (TPSA) is 57.6 Å². The van der Waals surface area contributed by atoms with Gasteiger partial charge in [-0.15, -0.1) is 0 Å². The number of aliphatic carboxylic acids is 1. The van der Waals surface area contributed by atoms with Crippen molar-refractivity contribution in [2.75, 3.05) is 0 Å². The summed E-state index contributed by atoms with van der Waals surface area (Å²) in [4.78, 5) is 25.6. The van der Waals surface area contributed by atoms with Gasteiger partial charge < -0.3 is 10.0 Å². The summed E-state index contributed by atoms with van der Waals surface area (Å²) in [6.07, 6.45) is 6.55. The molecule has 1 N–H and O–H groups in total. The SMILES string of the molecule is CC(C)CC(=O)N1C(C(=O)O)CCC2CCCCC21. The van der Waals surface area contributed by atoms with E-state index in [9.17, 15) is 14.7 Å². The van der Waals surface area contributed by atoms with E-state index in [4.69, 9.17) is 0 Å². The minimum atomic E-state index is -0.832. The van der Waals surface area contributed by atoms with Crippen LogP contribution >= 0.6 is 0 Å². The number of fused-ring (bicyclic) bond motifs is 1. The molecule has 19 heavy (non-hydrogen) atoms. The van der Waals surface area contributed by atoms with Crippen LogP contribution in [0.4, 0.5) is 0 Å². The first-order valence-electron chi connectivity index (χ1n) is 7.54. The van der Waals surface area contributed by atoms with Gasteiger partial charge in [0.2, 0.25) is 5.91 Å². The third-order valence-corrected chi connectivity index (χ3v) is 4.53. The zero-order valence-electron chi connectivity index (χ0n) is 12.0. The van der Waals surface area contributed by atoms with Gasteiger partial charge in [0.25, 0.3) is 0 Å². The Morgan fingerprint density at radius 3 is 2.47 bits per heavy atom. The normalized spacial score (nSPS) is 31.1. The standard InChI is InChI=1S/C15H25NO3/c1-10(2)9-14(17)16-12-6-4-3-5-11(12)7-8-13(16)15(18)19/h10-13H,3-9H2,1-2H3,(H,18,19). The molecule has 3 unspecified atom stereocenters. The van der Waals surface area contributed by atoms with E-state index >= 15 is 0 Å². The summed E-state index contributed by atoms with van der Waals surface area (Å²) in [7, 11) is 0. The number of likely N-dealkylation sites (tertiary alicyclic amines) is 1. The van der Waals surface area contributed by atoms with Crippen LogP contribution in [0.5, 0.6) is 0 Å². The molecule has 3 atom stereocenters. The molecule has 1 saturated carbocycles. The summed E-state index contributed by atoms with van der Waals surface area (Å²) in [5, 5.41) is 9.39. The number of carbonyl (C=O) groups is 2. The van der Waals surface area contributed by atoms with Gasteiger partial charge in [0.1, 0.15) is 6.04 Å². The second-order valence-corrected chi connectivity index (χ2v) is 6.44. The average molecular weight is 267 g/mol. The molecule has 4 heteroatoms. The number of carboxylic acid groups (broad SMARTS) is 1. The van der Waals surface area contributed by atoms with E-state index in [-0.39, 0.29) is 17.9 Å². The fourth-order valence-electron chi connectivity index (χ4n) is 3.69. The highest BCUT2D eigenvalue weighted by Gasteiger charge is 2.43. The van der Waals surface area contributed by atoms with Crippen molar-refractivity contribution in [3.8, 4) is 0 Å². The number of nitrogens with zero attached hydrogens (tertiary/aromatic N) is 1. The van der Waals surface area contributed by atoms with E-state index in [0.29, 0.717) is 18.8 Å². The lowest BCUT2D eigenvalue weighted by molar-refractivity contribution is -0.158. The maximum atomic E-state index is 12.4. The van der Waals surface area contributed by atoms with Gasteiger partial charge in [0, 0.05) is 12.5 Å². The van der Waals surface area contributed by atoms with Gasteiger partial charge in [0.15, 0.2) is 0 Å². The molecule has 1 aliphatic carbocycles. The molecule has 108 valence electrons. The van der Waals surface area contributed by atoms with E-state index in [2.05, 4.69) is 0 Å². The monoisotopic (exact) mass is 267 g/mol. The van der Waals surface area contributed by atoms with Gasteiger partial charge in [-0.3, -0.25) is 4.79 Å². The van der Waals surface area contributed by atoms with Gasteiger partial charge in [-0.1, -0.05) is 26.7 Å². The smallest absolute Gasteiger partial charge is 0.326 e. The van der Waals surface area contributed by atoms with E-state index in [0.717, 1.165) is 25.7 Å². The summed E-state index contributed by atoms with van der Waals surface area (Å²) in [6, 6.07) is -0.416. The average Bonchev–Trinajstić information content (AvgIpc) is 2.36. The molecule has 4 nitrogen and oxygen atoms in total. The quantitative estimate of drug-likeness (QED) is 0.855. The maximum absolute atomic E-state index is 12.4. The third kappa shape index (κ3) is 3.10. The Labute approximate surface area is 115 Å². The Kier molecular flexibility index (Phi) is 4.48. The van der Waals surface area contributed by atoms with Crippen LogP contribution in [0.25, 0.3) is 0 Å². The van der Waals surface area contributed by atoms with Crippen molar-refractivity contribution < 1.29 is 14.7 Å². The molecule has 1 heterocycles. The molecule has 0 aromatic rings. The van der Waals surface area contributed by atoms with Crippen LogP contribution in [0.2, 0.25) is 0 Å². The van der Waals surface area contributed by atoms with Crippen LogP contribution in [-0.2, 0) is 9.59 Å². The molecule has 0 aromatic carbocycles. The van der Waals surface area contributed by atoms with E-state index in [1.807, 2.05) is 13.8 Å². The van der Waals surface area contributed by atoms with Crippen LogP contribution < -0.4 is 0 Å². The summed E-state index contributed by atoms with van der Waals surface area (Å²) < 4.78 is 0.